The van der Waals surface area contributed by atoms with Crippen LogP contribution in [0, 0.1) is 0 Å². The lowest BCUT2D eigenvalue weighted by molar-refractivity contribution is 0.171. The number of hydrogen-bond acceptors (Lipinski definition) is 7. The van der Waals surface area contributed by atoms with Crippen molar-refractivity contribution in [1.29, 1.82) is 0 Å². The first-order valence-corrected chi connectivity index (χ1v) is 19.1. The van der Waals surface area contributed by atoms with E-state index in [0.29, 0.717) is 11.9 Å². The summed E-state index contributed by atoms with van der Waals surface area (Å²) in [6.45, 7) is 12.9. The molecule has 2 fully saturated rings. The van der Waals surface area contributed by atoms with Crippen molar-refractivity contribution in [3.63, 3.8) is 0 Å². The molecule has 0 saturated carbocycles. The lowest BCUT2D eigenvalue weighted by atomic mass is 9.85. The molecule has 52 heavy (non-hydrogen) atoms. The van der Waals surface area contributed by atoms with Crippen molar-refractivity contribution in [2.24, 2.45) is 0 Å². The van der Waals surface area contributed by atoms with Crippen LogP contribution in [-0.4, -0.2) is 61.0 Å². The second kappa shape index (κ2) is 14.3. The summed E-state index contributed by atoms with van der Waals surface area (Å²) < 4.78 is 10.6. The third kappa shape index (κ3) is 7.11. The summed E-state index contributed by atoms with van der Waals surface area (Å²) in [4.78, 5) is 18.6. The van der Waals surface area contributed by atoms with E-state index in [0.717, 1.165) is 91.7 Å². The highest BCUT2D eigenvalue weighted by atomic mass is 16.5. The molecule has 11 nitrogen and oxygen atoms in total. The van der Waals surface area contributed by atoms with Gasteiger partial charge < -0.3 is 15.0 Å². The molecule has 5 aromatic rings. The molecule has 5 heterocycles. The van der Waals surface area contributed by atoms with Gasteiger partial charge in [0.2, 0.25) is 5.95 Å². The Morgan fingerprint density at radius 2 is 1.69 bits per heavy atom. The predicted molar refractivity (Wildman–Crippen MR) is 204 cm³/mol. The summed E-state index contributed by atoms with van der Waals surface area (Å²) in [5, 5.41) is 20.4. The van der Waals surface area contributed by atoms with E-state index in [2.05, 4.69) is 99.1 Å². The number of fused-ring (bicyclic) bond motifs is 2. The smallest absolute Gasteiger partial charge is 0.320 e. The Balaban J connectivity index is 0.990. The number of urea groups is 1. The number of carbonyl (C=O) groups is 1. The summed E-state index contributed by atoms with van der Waals surface area (Å²) in [6, 6.07) is 22.7. The Bertz CT molecular complexity index is 2040. The first-order chi connectivity index (χ1) is 25.2. The van der Waals surface area contributed by atoms with Crippen molar-refractivity contribution in [3.8, 4) is 11.4 Å². The van der Waals surface area contributed by atoms with Gasteiger partial charge in [-0.05, 0) is 106 Å². The Morgan fingerprint density at radius 3 is 2.50 bits per heavy atom. The van der Waals surface area contributed by atoms with Gasteiger partial charge in [0.15, 0.2) is 5.65 Å². The molecule has 2 saturated heterocycles. The molecular formula is C41H51N9O2. The average Bonchev–Trinajstić information content (AvgIpc) is 3.90. The van der Waals surface area contributed by atoms with Gasteiger partial charge in [-0.3, -0.25) is 14.6 Å². The van der Waals surface area contributed by atoms with Crippen molar-refractivity contribution in [3.05, 3.63) is 95.3 Å². The second-order valence-electron chi connectivity index (χ2n) is 15.8. The van der Waals surface area contributed by atoms with Gasteiger partial charge in [0, 0.05) is 30.6 Å². The van der Waals surface area contributed by atoms with E-state index in [-0.39, 0.29) is 23.6 Å². The van der Waals surface area contributed by atoms with Crippen LogP contribution in [0.5, 0.6) is 5.75 Å². The van der Waals surface area contributed by atoms with Crippen LogP contribution in [0.25, 0.3) is 11.3 Å². The predicted octanol–water partition coefficient (Wildman–Crippen LogP) is 7.96. The van der Waals surface area contributed by atoms with Crippen LogP contribution in [0.15, 0.2) is 72.9 Å². The van der Waals surface area contributed by atoms with Crippen molar-refractivity contribution in [2.45, 2.75) is 103 Å². The van der Waals surface area contributed by atoms with Gasteiger partial charge in [-0.2, -0.15) is 5.10 Å². The van der Waals surface area contributed by atoms with Crippen LogP contribution >= 0.6 is 0 Å². The molecule has 1 aliphatic carbocycles. The van der Waals surface area contributed by atoms with Gasteiger partial charge in [0.25, 0.3) is 0 Å². The number of carbonyl (C=O) groups excluding carboxylic acids is 1. The normalized spacial score (nSPS) is 20.9. The minimum atomic E-state index is -0.258. The second-order valence-corrected chi connectivity index (χ2v) is 15.8. The van der Waals surface area contributed by atoms with Crippen LogP contribution in [0.1, 0.15) is 107 Å². The molecule has 0 radical (unpaired) electrons. The minimum Gasteiger partial charge on any atom is -0.484 e. The van der Waals surface area contributed by atoms with E-state index in [4.69, 9.17) is 9.84 Å². The van der Waals surface area contributed by atoms with E-state index >= 15 is 0 Å². The maximum Gasteiger partial charge on any atom is 0.320 e. The lowest BCUT2D eigenvalue weighted by Gasteiger charge is -2.33. The number of anilines is 2. The zero-order chi connectivity index (χ0) is 35.8. The van der Waals surface area contributed by atoms with Gasteiger partial charge >= 0.3 is 6.03 Å². The molecular weight excluding hydrogens is 651 g/mol. The third-order valence-corrected chi connectivity index (χ3v) is 10.9. The van der Waals surface area contributed by atoms with E-state index in [1.54, 1.807) is 0 Å². The van der Waals surface area contributed by atoms with Crippen LogP contribution in [-0.2, 0) is 12.0 Å². The molecule has 3 aliphatic rings. The van der Waals surface area contributed by atoms with Crippen LogP contribution in [0.2, 0.25) is 0 Å². The molecule has 2 N–H and O–H groups in total. The Hall–Kier alpha value is -4.90. The quantitative estimate of drug-likeness (QED) is 0.169. The molecule has 2 aromatic carbocycles. The highest BCUT2D eigenvalue weighted by Gasteiger charge is 2.31. The summed E-state index contributed by atoms with van der Waals surface area (Å²) in [6.07, 6.45) is 9.46. The van der Waals surface area contributed by atoms with Crippen LogP contribution < -0.4 is 20.3 Å². The number of likely N-dealkylation sites (tertiary alicyclic amines) is 1. The van der Waals surface area contributed by atoms with E-state index < -0.39 is 0 Å². The molecule has 0 unspecified atom stereocenters. The van der Waals surface area contributed by atoms with Crippen LogP contribution in [0.3, 0.4) is 0 Å². The zero-order valence-electron chi connectivity index (χ0n) is 30.9. The number of piperidine rings is 1. The molecule has 0 bridgehead atoms. The molecule has 3 aromatic heterocycles. The molecule has 11 heteroatoms. The highest BCUT2D eigenvalue weighted by Crippen LogP contribution is 2.39. The number of pyridine rings is 1. The van der Waals surface area contributed by atoms with E-state index in [1.807, 2.05) is 41.2 Å². The van der Waals surface area contributed by atoms with Gasteiger partial charge in [0.1, 0.15) is 17.7 Å². The number of nitrogens with zero attached hydrogens (tertiary/aromatic N) is 7. The molecule has 2 amide bonds. The first kappa shape index (κ1) is 34.2. The summed E-state index contributed by atoms with van der Waals surface area (Å²) >= 11 is 0. The average molecular weight is 702 g/mol. The van der Waals surface area contributed by atoms with Crippen molar-refractivity contribution in [1.82, 2.24) is 34.6 Å². The van der Waals surface area contributed by atoms with E-state index in [1.165, 1.54) is 24.8 Å². The van der Waals surface area contributed by atoms with Crippen molar-refractivity contribution in [2.75, 3.05) is 29.9 Å². The van der Waals surface area contributed by atoms with Crippen molar-refractivity contribution >= 4 is 23.4 Å². The lowest BCUT2D eigenvalue weighted by Crippen LogP contribution is -2.38. The number of benzene rings is 2. The zero-order valence-corrected chi connectivity index (χ0v) is 30.9. The monoisotopic (exact) mass is 701 g/mol. The number of rotatable bonds is 8. The highest BCUT2D eigenvalue weighted by molar-refractivity contribution is 5.89. The van der Waals surface area contributed by atoms with Crippen molar-refractivity contribution < 1.29 is 9.53 Å². The maximum atomic E-state index is 13.8. The number of aromatic nitrogens is 5. The minimum absolute atomic E-state index is 0.146. The molecule has 2 aliphatic heterocycles. The van der Waals surface area contributed by atoms with Gasteiger partial charge in [0.05, 0.1) is 23.6 Å². The molecule has 0 spiro atoms. The fourth-order valence-electron chi connectivity index (χ4n) is 8.04. The Morgan fingerprint density at radius 1 is 0.885 bits per heavy atom. The number of nitrogens with one attached hydrogen (secondary N) is 2. The molecule has 272 valence electrons. The topological polar surface area (TPSA) is 105 Å². The summed E-state index contributed by atoms with van der Waals surface area (Å²) in [5.41, 5.74) is 5.88. The summed E-state index contributed by atoms with van der Waals surface area (Å²) in [7, 11) is 0. The van der Waals surface area contributed by atoms with Crippen LogP contribution in [0.4, 0.5) is 16.6 Å². The fourth-order valence-corrected chi connectivity index (χ4v) is 8.04. The Labute approximate surface area is 306 Å². The van der Waals surface area contributed by atoms with Gasteiger partial charge in [-0.15, -0.1) is 10.2 Å². The molecule has 3 atom stereocenters. The molecule has 8 rings (SSSR count). The van der Waals surface area contributed by atoms with Gasteiger partial charge in [-0.1, -0.05) is 57.2 Å². The standard InChI is InChI=1S/C41H51N9O2/c1-28-12-7-8-23-48(28)40-45-44-37-20-17-31(27-49(37)40)52-35-19-18-34(32-15-5-6-16-33(32)35)42-39(51)43-38-25-36(41(2,3)4)46-50(38)30-14-11-13-29(24-30)26-47-21-9-10-22-47/h5-6,11,13-17,20,24-25,27-28,34-35H,7-10,12,18-19,21-23,26H2,1-4H3,(H2,42,43,51)/t28-,34-,35+/m0/s1. The van der Waals surface area contributed by atoms with Gasteiger partial charge in [-0.25, -0.2) is 9.48 Å². The first-order valence-electron chi connectivity index (χ1n) is 19.1. The number of hydrogen-bond donors (Lipinski definition) is 2. The summed E-state index contributed by atoms with van der Waals surface area (Å²) in [5.74, 6) is 2.29. The largest absolute Gasteiger partial charge is 0.484 e. The Kier molecular flexibility index (Phi) is 9.38. The number of ether oxygens (including phenoxy) is 1. The SMILES string of the molecule is C[C@H]1CCCCN1c1nnc2ccc(O[C@@H]3CC[C@H](NC(=O)Nc4cc(C(C)(C)C)nn4-c4cccc(CN5CCCC5)c4)c4ccccc43)cn12. The van der Waals surface area contributed by atoms with E-state index in [9.17, 15) is 4.79 Å². The third-order valence-electron chi connectivity index (χ3n) is 10.9. The fraction of sp³-hybridized carbons (Fsp3) is 0.463. The maximum absolute atomic E-state index is 13.8. The number of amides is 2.